The molecular weight excluding hydrogens is 743 g/mol. The van der Waals surface area contributed by atoms with Crippen LogP contribution < -0.4 is 0 Å². The summed E-state index contributed by atoms with van der Waals surface area (Å²) in [6, 6.07) is 0. The highest BCUT2D eigenvalue weighted by molar-refractivity contribution is 6.18. The lowest BCUT2D eigenvalue weighted by Gasteiger charge is -2.30. The molecule has 0 fully saturated rings. The number of hydrogen-bond acceptors (Lipinski definition) is 8. The van der Waals surface area contributed by atoms with Gasteiger partial charge in [-0.2, -0.15) is 0 Å². The van der Waals surface area contributed by atoms with Gasteiger partial charge in [-0.1, -0.05) is 82.1 Å². The van der Waals surface area contributed by atoms with E-state index < -0.39 is 47.4 Å². The minimum Gasteiger partial charge on any atom is -0.481 e. The second-order valence-electron chi connectivity index (χ2n) is 16.7. The van der Waals surface area contributed by atoms with Crippen LogP contribution in [0, 0.1) is 39.9 Å². The van der Waals surface area contributed by atoms with Gasteiger partial charge in [0, 0.05) is 35.4 Å². The first-order valence-corrected chi connectivity index (χ1v) is 20.4. The maximum atomic E-state index is 11.7. The lowest BCUT2D eigenvalue weighted by atomic mass is 9.74. The number of carboxylic acid groups (broad SMARTS) is 4. The molecule has 3 atom stereocenters. The molecule has 0 aliphatic carbocycles. The molecule has 8 N–H and O–H groups in total. The Balaban J connectivity index is -0.000000323. The summed E-state index contributed by atoms with van der Waals surface area (Å²) in [5, 5.41) is 72.2. The zero-order valence-corrected chi connectivity index (χ0v) is 36.5. The van der Waals surface area contributed by atoms with Crippen molar-refractivity contribution < 1.29 is 60.0 Å². The maximum absolute atomic E-state index is 11.7. The van der Waals surface area contributed by atoms with Gasteiger partial charge in [0.1, 0.15) is 0 Å². The second kappa shape index (κ2) is 32.4. The average molecular weight is 822 g/mol. The monoisotopic (exact) mass is 820 g/mol. The molecule has 0 radical (unpaired) electrons. The fourth-order valence-corrected chi connectivity index (χ4v) is 6.17. The number of alkyl halides is 2. The molecule has 3 unspecified atom stereocenters. The Morgan fingerprint density at radius 3 is 1.17 bits per heavy atom. The van der Waals surface area contributed by atoms with Crippen LogP contribution in [0.2, 0.25) is 0 Å². The maximum Gasteiger partial charge on any atom is 0.309 e. The van der Waals surface area contributed by atoms with Gasteiger partial charge in [0.15, 0.2) is 0 Å². The van der Waals surface area contributed by atoms with Gasteiger partial charge in [-0.05, 0) is 75.5 Å². The highest BCUT2D eigenvalue weighted by atomic mass is 35.5. The third-order valence-corrected chi connectivity index (χ3v) is 9.84. The summed E-state index contributed by atoms with van der Waals surface area (Å²) in [7, 11) is 0. The summed E-state index contributed by atoms with van der Waals surface area (Å²) in [4.78, 5) is 43.3. The number of carboxylic acids is 4. The molecule has 0 aromatic heterocycles. The molecule has 12 nitrogen and oxygen atoms in total. The van der Waals surface area contributed by atoms with Crippen LogP contribution in [0.1, 0.15) is 153 Å². The molecule has 54 heavy (non-hydrogen) atoms. The first-order valence-electron chi connectivity index (χ1n) is 19.3. The number of hydrogen-bond donors (Lipinski definition) is 8. The van der Waals surface area contributed by atoms with E-state index in [4.69, 9.17) is 48.7 Å². The predicted octanol–water partition coefficient (Wildman–Crippen LogP) is 8.16. The zero-order valence-electron chi connectivity index (χ0n) is 35.0. The van der Waals surface area contributed by atoms with Crippen molar-refractivity contribution in [3.63, 3.8) is 0 Å². The summed E-state index contributed by atoms with van der Waals surface area (Å²) in [6.45, 7) is 19.2. The van der Waals surface area contributed by atoms with Gasteiger partial charge < -0.3 is 40.9 Å². The van der Waals surface area contributed by atoms with E-state index in [0.717, 1.165) is 25.7 Å². The van der Waals surface area contributed by atoms with Crippen molar-refractivity contribution in [2.75, 3.05) is 25.0 Å². The summed E-state index contributed by atoms with van der Waals surface area (Å²) >= 11 is 11.3. The molecule has 0 rings (SSSR count). The van der Waals surface area contributed by atoms with Crippen LogP contribution in [0.15, 0.2) is 0 Å². The Labute approximate surface area is 336 Å². The van der Waals surface area contributed by atoms with Crippen LogP contribution in [0.3, 0.4) is 0 Å². The van der Waals surface area contributed by atoms with Gasteiger partial charge in [0.2, 0.25) is 0 Å². The number of halogens is 2. The van der Waals surface area contributed by atoms with Crippen molar-refractivity contribution in [3.8, 4) is 0 Å². The van der Waals surface area contributed by atoms with E-state index in [1.54, 1.807) is 0 Å². The Bertz CT molecular complexity index is 950. The predicted molar refractivity (Wildman–Crippen MR) is 216 cm³/mol. The SMILES string of the molecule is CC(C)C(O)C(C)(C)CO.CC(C)C(O)C(C)(C)CO.CC(C)CC(CCCC(=O)O)C(=O)O.O=C(O)CCCC(CCCCCl)(CCCCCl)C(=O)O. The number of aliphatic hydroxyl groups excluding tert-OH is 4. The van der Waals surface area contributed by atoms with Crippen LogP contribution in [-0.2, 0) is 19.2 Å². The molecule has 0 saturated carbocycles. The topological polar surface area (TPSA) is 230 Å². The molecule has 0 amide bonds. The average Bonchev–Trinajstić information content (AvgIpc) is 3.07. The first-order chi connectivity index (χ1) is 24.7. The normalized spacial score (nSPS) is 13.5. The van der Waals surface area contributed by atoms with Gasteiger partial charge in [-0.15, -0.1) is 23.2 Å². The summed E-state index contributed by atoms with van der Waals surface area (Å²) in [5.74, 6) is -1.99. The number of unbranched alkanes of at least 4 members (excludes halogenated alkanes) is 2. The quantitative estimate of drug-likeness (QED) is 0.0305. The molecule has 0 aromatic carbocycles. The smallest absolute Gasteiger partial charge is 0.309 e. The molecule has 0 spiro atoms. The number of carbonyl (C=O) groups is 4. The van der Waals surface area contributed by atoms with Crippen molar-refractivity contribution in [1.29, 1.82) is 0 Å². The highest BCUT2D eigenvalue weighted by Crippen LogP contribution is 2.37. The minimum atomic E-state index is -0.884. The van der Waals surface area contributed by atoms with Gasteiger partial charge in [-0.3, -0.25) is 19.2 Å². The van der Waals surface area contributed by atoms with E-state index in [2.05, 4.69) is 0 Å². The Kier molecular flexibility index (Phi) is 35.4. The van der Waals surface area contributed by atoms with Crippen molar-refractivity contribution in [1.82, 2.24) is 0 Å². The van der Waals surface area contributed by atoms with E-state index in [1.165, 1.54) is 0 Å². The zero-order chi connectivity index (χ0) is 43.3. The Hall–Kier alpha value is -1.70. The molecule has 0 heterocycles. The lowest BCUT2D eigenvalue weighted by molar-refractivity contribution is -0.151. The van der Waals surface area contributed by atoms with E-state index >= 15 is 0 Å². The molecule has 0 aliphatic heterocycles. The Morgan fingerprint density at radius 2 is 0.926 bits per heavy atom. The van der Waals surface area contributed by atoms with Crippen molar-refractivity contribution >= 4 is 47.1 Å². The third kappa shape index (κ3) is 30.5. The van der Waals surface area contributed by atoms with Crippen molar-refractivity contribution in [2.45, 2.75) is 165 Å². The van der Waals surface area contributed by atoms with Crippen LogP contribution in [0.25, 0.3) is 0 Å². The van der Waals surface area contributed by atoms with Gasteiger partial charge in [0.05, 0.1) is 36.8 Å². The van der Waals surface area contributed by atoms with Gasteiger partial charge in [0.25, 0.3) is 0 Å². The fraction of sp³-hybridized carbons (Fsp3) is 0.900. The summed E-state index contributed by atoms with van der Waals surface area (Å²) in [5.41, 5.74) is -1.56. The van der Waals surface area contributed by atoms with E-state index in [9.17, 15) is 34.5 Å². The molecule has 324 valence electrons. The molecule has 0 aliphatic rings. The van der Waals surface area contributed by atoms with Crippen molar-refractivity contribution in [2.24, 2.45) is 39.9 Å². The number of rotatable bonds is 26. The van der Waals surface area contributed by atoms with Gasteiger partial charge in [-0.25, -0.2) is 0 Å². The van der Waals surface area contributed by atoms with E-state index in [-0.39, 0.29) is 48.7 Å². The summed E-state index contributed by atoms with van der Waals surface area (Å²) in [6.07, 6.45) is 5.73. The van der Waals surface area contributed by atoms with Crippen LogP contribution in [-0.4, -0.2) is 102 Å². The van der Waals surface area contributed by atoms with E-state index in [0.29, 0.717) is 62.6 Å². The third-order valence-electron chi connectivity index (χ3n) is 9.31. The molecular formula is C40H78Cl2O12. The van der Waals surface area contributed by atoms with Gasteiger partial charge >= 0.3 is 23.9 Å². The van der Waals surface area contributed by atoms with E-state index in [1.807, 2.05) is 69.2 Å². The molecule has 0 bridgehead atoms. The second-order valence-corrected chi connectivity index (χ2v) is 17.5. The standard InChI is InChI=1S/C14H24Cl2O4.C10H18O4.2C8H18O2/c15-10-3-1-7-14(13(19)20,8-2-4-11-16)9-5-6-12(17)18;1-7(2)6-8(10(13)14)4-3-5-9(11)12;2*1-6(2)7(10)8(3,4)5-9/h1-11H2,(H,17,18)(H,19,20);7-8H,3-6H2,1-2H3,(H,11,12)(H,13,14);2*6-7,9-10H,5H2,1-4H3. The van der Waals surface area contributed by atoms with Crippen molar-refractivity contribution in [3.05, 3.63) is 0 Å². The molecule has 0 aromatic rings. The minimum absolute atomic E-state index is 0.0139. The lowest BCUT2D eigenvalue weighted by Crippen LogP contribution is -2.36. The van der Waals surface area contributed by atoms with Crippen LogP contribution in [0.5, 0.6) is 0 Å². The number of aliphatic hydroxyl groups is 4. The first kappa shape index (κ1) is 59.0. The molecule has 14 heteroatoms. The highest BCUT2D eigenvalue weighted by Gasteiger charge is 2.37. The Morgan fingerprint density at radius 1 is 0.574 bits per heavy atom. The van der Waals surface area contributed by atoms with Crippen LogP contribution in [0.4, 0.5) is 0 Å². The fourth-order valence-electron chi connectivity index (χ4n) is 5.79. The molecule has 0 saturated heterocycles. The number of aliphatic carboxylic acids is 4. The summed E-state index contributed by atoms with van der Waals surface area (Å²) < 4.78 is 0. The largest absolute Gasteiger partial charge is 0.481 e. The van der Waals surface area contributed by atoms with Crippen LogP contribution >= 0.6 is 23.2 Å².